The molecule has 0 aromatic heterocycles. The van der Waals surface area contributed by atoms with E-state index < -0.39 is 0 Å². The molecule has 0 fully saturated rings. The Hall–Kier alpha value is -1.44. The van der Waals surface area contributed by atoms with E-state index in [0.717, 1.165) is 18.4 Å². The molecular weight excluding hydrogens is 224 g/mol. The zero-order chi connectivity index (χ0) is 13.4. The monoisotopic (exact) mass is 248 g/mol. The molecule has 0 heterocycles. The van der Waals surface area contributed by atoms with Gasteiger partial charge >= 0.3 is 0 Å². The van der Waals surface area contributed by atoms with Gasteiger partial charge in [0, 0.05) is 5.56 Å². The van der Waals surface area contributed by atoms with Crippen LogP contribution < -0.4 is 0 Å². The van der Waals surface area contributed by atoms with Crippen LogP contribution in [0.4, 0.5) is 0 Å². The molecule has 1 rings (SSSR count). The SMILES string of the molecule is C=Cc1cc(O)c(CCCCCCCC)cc1O. The third kappa shape index (κ3) is 4.44. The Kier molecular flexibility index (Phi) is 6.34. The standard InChI is InChI=1S/C16H24O2/c1-3-5-6-7-8-9-10-14-12-15(17)13(4-2)11-16(14)18/h4,11-12,17-18H,2-3,5-10H2,1H3. The third-order valence-electron chi connectivity index (χ3n) is 3.25. The van der Waals surface area contributed by atoms with E-state index >= 15 is 0 Å². The molecule has 0 aliphatic heterocycles. The summed E-state index contributed by atoms with van der Waals surface area (Å²) in [6, 6.07) is 3.23. The smallest absolute Gasteiger partial charge is 0.123 e. The highest BCUT2D eigenvalue weighted by Crippen LogP contribution is 2.29. The van der Waals surface area contributed by atoms with Gasteiger partial charge in [0.1, 0.15) is 11.5 Å². The summed E-state index contributed by atoms with van der Waals surface area (Å²) < 4.78 is 0. The van der Waals surface area contributed by atoms with Gasteiger partial charge in [0.2, 0.25) is 0 Å². The first kappa shape index (κ1) is 14.6. The molecule has 0 amide bonds. The fourth-order valence-corrected chi connectivity index (χ4v) is 2.10. The average molecular weight is 248 g/mol. The molecule has 18 heavy (non-hydrogen) atoms. The summed E-state index contributed by atoms with van der Waals surface area (Å²) in [5.41, 5.74) is 1.41. The van der Waals surface area contributed by atoms with Gasteiger partial charge in [0.25, 0.3) is 0 Å². The van der Waals surface area contributed by atoms with Gasteiger partial charge in [-0.2, -0.15) is 0 Å². The van der Waals surface area contributed by atoms with Gasteiger partial charge in [-0.05, 0) is 30.5 Å². The molecular formula is C16H24O2. The topological polar surface area (TPSA) is 40.5 Å². The normalized spacial score (nSPS) is 10.5. The van der Waals surface area contributed by atoms with Gasteiger partial charge in [0.15, 0.2) is 0 Å². The van der Waals surface area contributed by atoms with Crippen LogP contribution in [0.2, 0.25) is 0 Å². The lowest BCUT2D eigenvalue weighted by molar-refractivity contribution is 0.451. The highest BCUT2D eigenvalue weighted by Gasteiger charge is 2.06. The van der Waals surface area contributed by atoms with Gasteiger partial charge in [-0.15, -0.1) is 0 Å². The lowest BCUT2D eigenvalue weighted by atomic mass is 10.0. The Labute approximate surface area is 110 Å². The molecule has 0 saturated carbocycles. The quantitative estimate of drug-likeness (QED) is 0.519. The molecule has 0 aliphatic carbocycles. The van der Waals surface area contributed by atoms with E-state index in [1.165, 1.54) is 32.1 Å². The van der Waals surface area contributed by atoms with E-state index in [9.17, 15) is 10.2 Å². The van der Waals surface area contributed by atoms with Crippen molar-refractivity contribution in [2.75, 3.05) is 0 Å². The number of phenolic OH excluding ortho intramolecular Hbond substituents is 2. The minimum Gasteiger partial charge on any atom is -0.508 e. The second-order valence-electron chi connectivity index (χ2n) is 4.76. The molecule has 1 aromatic carbocycles. The molecule has 0 bridgehead atoms. The second-order valence-corrected chi connectivity index (χ2v) is 4.76. The number of unbranched alkanes of at least 4 members (excludes halogenated alkanes) is 5. The van der Waals surface area contributed by atoms with Crippen molar-refractivity contribution in [1.82, 2.24) is 0 Å². The van der Waals surface area contributed by atoms with Crippen molar-refractivity contribution >= 4 is 6.08 Å². The van der Waals surface area contributed by atoms with Crippen LogP contribution >= 0.6 is 0 Å². The summed E-state index contributed by atoms with van der Waals surface area (Å²) in [7, 11) is 0. The molecule has 1 aromatic rings. The maximum absolute atomic E-state index is 9.83. The summed E-state index contributed by atoms with van der Waals surface area (Å²) in [6.07, 6.45) is 9.73. The van der Waals surface area contributed by atoms with Gasteiger partial charge < -0.3 is 10.2 Å². The highest BCUT2D eigenvalue weighted by atomic mass is 16.3. The van der Waals surface area contributed by atoms with E-state index in [-0.39, 0.29) is 11.5 Å². The number of aryl methyl sites for hydroxylation is 1. The molecule has 0 radical (unpaired) electrons. The van der Waals surface area contributed by atoms with E-state index in [0.29, 0.717) is 5.56 Å². The fourth-order valence-electron chi connectivity index (χ4n) is 2.10. The molecule has 2 N–H and O–H groups in total. The zero-order valence-electron chi connectivity index (χ0n) is 11.3. The van der Waals surface area contributed by atoms with Crippen LogP contribution in [-0.4, -0.2) is 10.2 Å². The lowest BCUT2D eigenvalue weighted by Gasteiger charge is -2.08. The van der Waals surface area contributed by atoms with Crippen LogP contribution in [0.25, 0.3) is 6.08 Å². The molecule has 0 saturated heterocycles. The molecule has 0 spiro atoms. The molecule has 0 aliphatic rings. The Balaban J connectivity index is 2.43. The van der Waals surface area contributed by atoms with Gasteiger partial charge in [-0.25, -0.2) is 0 Å². The van der Waals surface area contributed by atoms with Crippen LogP contribution in [0.5, 0.6) is 11.5 Å². The Bertz CT molecular complexity index is 383. The highest BCUT2D eigenvalue weighted by molar-refractivity contribution is 5.59. The largest absolute Gasteiger partial charge is 0.508 e. The lowest BCUT2D eigenvalue weighted by Crippen LogP contribution is -1.89. The number of hydrogen-bond donors (Lipinski definition) is 2. The van der Waals surface area contributed by atoms with Crippen LogP contribution in [-0.2, 0) is 6.42 Å². The molecule has 2 nitrogen and oxygen atoms in total. The van der Waals surface area contributed by atoms with Crippen molar-refractivity contribution < 1.29 is 10.2 Å². The van der Waals surface area contributed by atoms with Crippen LogP contribution in [0.1, 0.15) is 56.6 Å². The van der Waals surface area contributed by atoms with Gasteiger partial charge in [-0.1, -0.05) is 51.7 Å². The predicted molar refractivity (Wildman–Crippen MR) is 76.9 cm³/mol. The van der Waals surface area contributed by atoms with Crippen molar-refractivity contribution in [2.45, 2.75) is 51.9 Å². The van der Waals surface area contributed by atoms with Crippen molar-refractivity contribution in [2.24, 2.45) is 0 Å². The summed E-state index contributed by atoms with van der Waals surface area (Å²) in [6.45, 7) is 5.81. The maximum Gasteiger partial charge on any atom is 0.123 e. The third-order valence-corrected chi connectivity index (χ3v) is 3.25. The van der Waals surface area contributed by atoms with Crippen molar-refractivity contribution in [1.29, 1.82) is 0 Å². The van der Waals surface area contributed by atoms with E-state index in [4.69, 9.17) is 0 Å². The number of benzene rings is 1. The molecule has 100 valence electrons. The summed E-state index contributed by atoms with van der Waals surface area (Å²) in [5.74, 6) is 0.458. The maximum atomic E-state index is 9.83. The second kappa shape index (κ2) is 7.80. The number of hydrogen-bond acceptors (Lipinski definition) is 2. The van der Waals surface area contributed by atoms with Crippen LogP contribution in [0.15, 0.2) is 18.7 Å². The van der Waals surface area contributed by atoms with Crippen LogP contribution in [0, 0.1) is 0 Å². The molecule has 2 heteroatoms. The van der Waals surface area contributed by atoms with E-state index in [2.05, 4.69) is 13.5 Å². The van der Waals surface area contributed by atoms with Crippen molar-refractivity contribution in [3.05, 3.63) is 29.8 Å². The Morgan fingerprint density at radius 1 is 1.00 bits per heavy atom. The zero-order valence-corrected chi connectivity index (χ0v) is 11.3. The first-order valence-electron chi connectivity index (χ1n) is 6.86. The minimum absolute atomic E-state index is 0.198. The number of phenols is 2. The van der Waals surface area contributed by atoms with Crippen LogP contribution in [0.3, 0.4) is 0 Å². The first-order chi connectivity index (χ1) is 8.69. The Morgan fingerprint density at radius 2 is 1.67 bits per heavy atom. The van der Waals surface area contributed by atoms with Gasteiger partial charge in [0.05, 0.1) is 0 Å². The van der Waals surface area contributed by atoms with E-state index in [1.54, 1.807) is 18.2 Å². The molecule has 0 atom stereocenters. The summed E-state index contributed by atoms with van der Waals surface area (Å²) in [5, 5.41) is 19.5. The van der Waals surface area contributed by atoms with Crippen molar-refractivity contribution in [3.63, 3.8) is 0 Å². The molecule has 0 unspecified atom stereocenters. The summed E-state index contributed by atoms with van der Waals surface area (Å²) >= 11 is 0. The fraction of sp³-hybridized carbons (Fsp3) is 0.500. The Morgan fingerprint density at radius 3 is 2.33 bits per heavy atom. The number of rotatable bonds is 8. The summed E-state index contributed by atoms with van der Waals surface area (Å²) in [4.78, 5) is 0. The van der Waals surface area contributed by atoms with Crippen molar-refractivity contribution in [3.8, 4) is 11.5 Å². The first-order valence-corrected chi connectivity index (χ1v) is 6.86. The van der Waals surface area contributed by atoms with E-state index in [1.807, 2.05) is 0 Å². The predicted octanol–water partition coefficient (Wildman–Crippen LogP) is 4.64. The van der Waals surface area contributed by atoms with Gasteiger partial charge in [-0.3, -0.25) is 0 Å². The minimum atomic E-state index is 0.198. The average Bonchev–Trinajstić information content (AvgIpc) is 2.37. The number of aromatic hydroxyl groups is 2.